The quantitative estimate of drug-likeness (QED) is 0.162. The van der Waals surface area contributed by atoms with Crippen molar-refractivity contribution in [1.82, 2.24) is 14.5 Å². The summed E-state index contributed by atoms with van der Waals surface area (Å²) in [6.07, 6.45) is 4.49. The second-order valence-electron chi connectivity index (χ2n) is 12.2. The van der Waals surface area contributed by atoms with Gasteiger partial charge in [0.05, 0.1) is 22.5 Å². The maximum absolute atomic E-state index is 7.28. The van der Waals surface area contributed by atoms with Crippen molar-refractivity contribution in [3.8, 4) is 50.6 Å². The van der Waals surface area contributed by atoms with E-state index >= 15 is 0 Å². The van der Waals surface area contributed by atoms with Gasteiger partial charge in [0.15, 0.2) is 0 Å². The summed E-state index contributed by atoms with van der Waals surface area (Å²) in [4.78, 5) is 9.22. The smallest absolute Gasteiger partial charge is 0.0774 e. The molecule has 1 radical (unpaired) electrons. The molecule has 0 saturated heterocycles. The molecule has 0 spiro atoms. The molecular formula is C47H35IrN3O-2. The molecule has 255 valence electrons. The molecule has 0 unspecified atom stereocenters. The van der Waals surface area contributed by atoms with Gasteiger partial charge in [0.2, 0.25) is 0 Å². The molecule has 5 heteroatoms. The number of aromatic nitrogens is 3. The van der Waals surface area contributed by atoms with Crippen molar-refractivity contribution >= 4 is 22.0 Å². The molecule has 3 aromatic heterocycles. The van der Waals surface area contributed by atoms with E-state index in [2.05, 4.69) is 144 Å². The third-order valence-corrected chi connectivity index (χ3v) is 8.74. The SMILES string of the molecule is Cc1ccc2c(-c3nc4ccccc4n3-c3c(-c4ccccc4)cccc3-c3ccccc3)[c-]oc2c1.[2H]C([2H])([2H])c1c[c-]c(-c2ccc(C([2H])([2H])[2H])cn2)cc1.[Ir]. The molecule has 0 bridgehead atoms. The molecule has 0 aliphatic rings. The molecule has 0 fully saturated rings. The summed E-state index contributed by atoms with van der Waals surface area (Å²) >= 11 is 0. The van der Waals surface area contributed by atoms with Gasteiger partial charge in [-0.1, -0.05) is 139 Å². The molecule has 52 heavy (non-hydrogen) atoms. The summed E-state index contributed by atoms with van der Waals surface area (Å²) in [7, 11) is 0. The third-order valence-electron chi connectivity index (χ3n) is 8.74. The molecule has 9 rings (SSSR count). The van der Waals surface area contributed by atoms with Gasteiger partial charge in [0.1, 0.15) is 0 Å². The monoisotopic (exact) mass is 856 g/mol. The van der Waals surface area contributed by atoms with Gasteiger partial charge in [-0.05, 0) is 48.3 Å². The fraction of sp³-hybridized carbons (Fsp3) is 0.0638. The zero-order valence-corrected chi connectivity index (χ0v) is 30.5. The largest absolute Gasteiger partial charge is 0.557 e. The number of hydrogen-bond acceptors (Lipinski definition) is 3. The Morgan fingerprint density at radius 1 is 0.673 bits per heavy atom. The van der Waals surface area contributed by atoms with Gasteiger partial charge >= 0.3 is 0 Å². The van der Waals surface area contributed by atoms with Crippen LogP contribution in [0.15, 0.2) is 162 Å². The van der Waals surface area contributed by atoms with Gasteiger partial charge in [0.25, 0.3) is 0 Å². The molecule has 0 aliphatic carbocycles. The van der Waals surface area contributed by atoms with E-state index in [1.165, 1.54) is 24.4 Å². The summed E-state index contributed by atoms with van der Waals surface area (Å²) < 4.78 is 51.8. The standard InChI is InChI=1S/C34H23N2O.C13H12N.Ir/c1-23-19-20-28-29(22-37-32(28)21-23)34-35-30-17-8-9-18-31(30)36(34)33-26(24-11-4-2-5-12-24)15-10-16-27(33)25-13-6-3-7-14-25;1-10-3-6-12(7-4-10)13-8-5-11(2)9-14-13;/h2-21H,1H3;3-6,8-9H,1-2H3;/q2*-1;/i;1D3,2D3;. The van der Waals surface area contributed by atoms with E-state index in [1.807, 2.05) is 6.07 Å². The molecular weight excluding hydrogens is 815 g/mol. The van der Waals surface area contributed by atoms with Crippen molar-refractivity contribution in [2.45, 2.75) is 20.6 Å². The van der Waals surface area contributed by atoms with Crippen molar-refractivity contribution < 1.29 is 32.7 Å². The molecule has 0 N–H and O–H groups in total. The Labute approximate surface area is 326 Å². The van der Waals surface area contributed by atoms with Gasteiger partial charge in [-0.2, -0.15) is 0 Å². The van der Waals surface area contributed by atoms with Gasteiger partial charge in [-0.25, -0.2) is 0 Å². The molecule has 0 saturated carbocycles. The van der Waals surface area contributed by atoms with Crippen LogP contribution in [0, 0.1) is 33.0 Å². The Hall–Kier alpha value is -5.87. The minimum atomic E-state index is -2.18. The third kappa shape index (κ3) is 6.89. The van der Waals surface area contributed by atoms with Gasteiger partial charge in [0, 0.05) is 57.5 Å². The van der Waals surface area contributed by atoms with Crippen molar-refractivity contribution in [1.29, 1.82) is 0 Å². The summed E-state index contributed by atoms with van der Waals surface area (Å²) in [5.41, 5.74) is 12.0. The van der Waals surface area contributed by atoms with E-state index in [0.29, 0.717) is 11.3 Å². The Kier molecular flexibility index (Phi) is 8.11. The Morgan fingerprint density at radius 3 is 2.00 bits per heavy atom. The number of aryl methyl sites for hydroxylation is 3. The molecule has 0 atom stereocenters. The van der Waals surface area contributed by atoms with E-state index in [1.54, 1.807) is 12.1 Å². The average Bonchev–Trinajstić information content (AvgIpc) is 3.82. The van der Waals surface area contributed by atoms with Crippen LogP contribution in [0.3, 0.4) is 0 Å². The first kappa shape index (κ1) is 27.8. The van der Waals surface area contributed by atoms with E-state index in [-0.39, 0.29) is 31.2 Å². The van der Waals surface area contributed by atoms with E-state index in [4.69, 9.17) is 17.6 Å². The first-order valence-electron chi connectivity index (χ1n) is 19.6. The summed E-state index contributed by atoms with van der Waals surface area (Å²) in [5.74, 6) is 0.810. The Morgan fingerprint density at radius 2 is 1.35 bits per heavy atom. The fourth-order valence-electron chi connectivity index (χ4n) is 6.29. The Balaban J connectivity index is 0.000000208. The summed E-state index contributed by atoms with van der Waals surface area (Å²) in [6, 6.07) is 52.6. The van der Waals surface area contributed by atoms with Gasteiger partial charge in [-0.15, -0.1) is 41.5 Å². The van der Waals surface area contributed by atoms with Gasteiger partial charge < -0.3 is 14.0 Å². The van der Waals surface area contributed by atoms with Crippen LogP contribution in [0.1, 0.15) is 24.9 Å². The van der Waals surface area contributed by atoms with E-state index in [0.717, 1.165) is 66.9 Å². The maximum Gasteiger partial charge on any atom is 0.0774 e. The second kappa shape index (κ2) is 15.2. The number of fused-ring (bicyclic) bond motifs is 2. The minimum Gasteiger partial charge on any atom is -0.557 e. The topological polar surface area (TPSA) is 43.9 Å². The predicted molar refractivity (Wildman–Crippen MR) is 209 cm³/mol. The van der Waals surface area contributed by atoms with E-state index < -0.39 is 13.7 Å². The molecule has 0 aliphatic heterocycles. The number of nitrogens with zero attached hydrogens (tertiary/aromatic N) is 3. The van der Waals surface area contributed by atoms with Crippen molar-refractivity contribution in [2.75, 3.05) is 0 Å². The number of benzene rings is 6. The molecule has 0 amide bonds. The molecule has 6 aromatic carbocycles. The van der Waals surface area contributed by atoms with Crippen LogP contribution >= 0.6 is 0 Å². The van der Waals surface area contributed by atoms with Crippen LogP contribution in [0.2, 0.25) is 0 Å². The van der Waals surface area contributed by atoms with Crippen molar-refractivity contribution in [3.63, 3.8) is 0 Å². The summed E-state index contributed by atoms with van der Waals surface area (Å²) in [5, 5.41) is 1.00. The van der Waals surface area contributed by atoms with Gasteiger partial charge in [-0.3, -0.25) is 4.98 Å². The molecule has 9 aromatic rings. The summed E-state index contributed by atoms with van der Waals surface area (Å²) in [6.45, 7) is -2.27. The number of furan rings is 1. The van der Waals surface area contributed by atoms with Crippen LogP contribution in [0.4, 0.5) is 0 Å². The van der Waals surface area contributed by atoms with Crippen LogP contribution in [-0.2, 0) is 20.1 Å². The number of hydrogen-bond donors (Lipinski definition) is 0. The van der Waals surface area contributed by atoms with Crippen LogP contribution in [0.25, 0.3) is 72.6 Å². The molecule has 4 nitrogen and oxygen atoms in total. The van der Waals surface area contributed by atoms with Crippen molar-refractivity contribution in [2.24, 2.45) is 0 Å². The number of rotatable bonds is 5. The van der Waals surface area contributed by atoms with Crippen LogP contribution < -0.4 is 0 Å². The average molecular weight is 856 g/mol. The van der Waals surface area contributed by atoms with Crippen LogP contribution in [0.5, 0.6) is 0 Å². The zero-order valence-electron chi connectivity index (χ0n) is 34.1. The number of pyridine rings is 1. The zero-order chi connectivity index (χ0) is 39.7. The first-order valence-corrected chi connectivity index (χ1v) is 16.6. The fourth-order valence-corrected chi connectivity index (χ4v) is 6.29. The first-order chi connectivity index (χ1) is 27.5. The predicted octanol–water partition coefficient (Wildman–Crippen LogP) is 12.0. The van der Waals surface area contributed by atoms with Crippen LogP contribution in [-0.4, -0.2) is 14.5 Å². The number of imidazole rings is 1. The minimum absolute atomic E-state index is 0. The maximum atomic E-state index is 7.28. The van der Waals surface area contributed by atoms with Crippen molar-refractivity contribution in [3.05, 3.63) is 187 Å². The number of para-hydroxylation sites is 3. The van der Waals surface area contributed by atoms with E-state index in [9.17, 15) is 0 Å². The second-order valence-corrected chi connectivity index (χ2v) is 12.2. The normalized spacial score (nSPS) is 13.0. The Bertz CT molecular complexity index is 2700. The molecule has 3 heterocycles.